The topological polar surface area (TPSA) is 0 Å². The van der Waals surface area contributed by atoms with Crippen LogP contribution in [0, 0.1) is 5.82 Å². The summed E-state index contributed by atoms with van der Waals surface area (Å²) in [5.41, 5.74) is 9.38. The molecule has 0 aliphatic rings. The zero-order valence-electron chi connectivity index (χ0n) is 21.3. The van der Waals surface area contributed by atoms with E-state index in [2.05, 4.69) is 121 Å². The maximum Gasteiger partial charge on any atom is 0.123 e. The molecule has 7 aromatic rings. The van der Waals surface area contributed by atoms with Gasteiger partial charge in [0.1, 0.15) is 5.82 Å². The van der Waals surface area contributed by atoms with Crippen LogP contribution in [0.1, 0.15) is 0 Å². The van der Waals surface area contributed by atoms with E-state index < -0.39 is 0 Å². The van der Waals surface area contributed by atoms with E-state index >= 15 is 0 Å². The van der Waals surface area contributed by atoms with Gasteiger partial charge in [0.2, 0.25) is 0 Å². The molecular weight excluding hydrogens is 475 g/mol. The van der Waals surface area contributed by atoms with Crippen molar-refractivity contribution < 1.29 is 4.39 Å². The first kappa shape index (κ1) is 23.1. The molecule has 0 bridgehead atoms. The fourth-order valence-corrected chi connectivity index (χ4v) is 5.68. The standard InChI is InChI=1S/C38H25F/c39-32-24-22-31(23-25-32)38-35-12-6-4-10-33(35)37(34-11-5-7-13-36(34)38)30-20-18-29(19-21-30)28-16-14-27(15-17-28)26-8-2-1-3-9-26/h1-25H. The highest BCUT2D eigenvalue weighted by Gasteiger charge is 2.16. The van der Waals surface area contributed by atoms with Crippen LogP contribution in [0.5, 0.6) is 0 Å². The van der Waals surface area contributed by atoms with E-state index in [9.17, 15) is 4.39 Å². The Bertz CT molecular complexity index is 1860. The van der Waals surface area contributed by atoms with Gasteiger partial charge in [0.05, 0.1) is 0 Å². The normalized spacial score (nSPS) is 11.2. The zero-order valence-corrected chi connectivity index (χ0v) is 21.3. The highest BCUT2D eigenvalue weighted by molar-refractivity contribution is 6.21. The van der Waals surface area contributed by atoms with Crippen LogP contribution in [-0.4, -0.2) is 0 Å². The van der Waals surface area contributed by atoms with E-state index in [-0.39, 0.29) is 5.82 Å². The van der Waals surface area contributed by atoms with E-state index in [4.69, 9.17) is 0 Å². The lowest BCUT2D eigenvalue weighted by atomic mass is 9.85. The van der Waals surface area contributed by atoms with Gasteiger partial charge < -0.3 is 0 Å². The van der Waals surface area contributed by atoms with Gasteiger partial charge in [-0.2, -0.15) is 0 Å². The SMILES string of the molecule is Fc1ccc(-c2c3ccccc3c(-c3ccc(-c4ccc(-c5ccccc5)cc4)cc3)c3ccccc23)cc1. The summed E-state index contributed by atoms with van der Waals surface area (Å²) >= 11 is 0. The first-order valence-electron chi connectivity index (χ1n) is 13.2. The van der Waals surface area contributed by atoms with E-state index in [1.54, 1.807) is 0 Å². The molecule has 0 N–H and O–H groups in total. The Labute approximate surface area is 227 Å². The summed E-state index contributed by atoms with van der Waals surface area (Å²) in [5, 5.41) is 4.71. The smallest absolute Gasteiger partial charge is 0.123 e. The minimum absolute atomic E-state index is 0.223. The molecule has 0 saturated carbocycles. The largest absolute Gasteiger partial charge is 0.207 e. The zero-order chi connectivity index (χ0) is 26.2. The fraction of sp³-hybridized carbons (Fsp3) is 0. The third-order valence-corrected chi connectivity index (χ3v) is 7.56. The average molecular weight is 501 g/mol. The molecule has 0 unspecified atom stereocenters. The lowest BCUT2D eigenvalue weighted by Gasteiger charge is -2.18. The highest BCUT2D eigenvalue weighted by atomic mass is 19.1. The Morgan fingerprint density at radius 2 is 0.538 bits per heavy atom. The van der Waals surface area contributed by atoms with Crippen molar-refractivity contribution in [3.63, 3.8) is 0 Å². The van der Waals surface area contributed by atoms with Gasteiger partial charge in [-0.25, -0.2) is 4.39 Å². The lowest BCUT2D eigenvalue weighted by Crippen LogP contribution is -1.91. The Balaban J connectivity index is 1.35. The second kappa shape index (κ2) is 9.70. The Morgan fingerprint density at radius 3 is 0.923 bits per heavy atom. The minimum atomic E-state index is -0.223. The predicted molar refractivity (Wildman–Crippen MR) is 163 cm³/mol. The molecule has 0 aliphatic heterocycles. The quantitative estimate of drug-likeness (QED) is 0.211. The first-order valence-corrected chi connectivity index (χ1v) is 13.2. The van der Waals surface area contributed by atoms with Crippen LogP contribution in [0.4, 0.5) is 4.39 Å². The Kier molecular flexibility index (Phi) is 5.75. The third kappa shape index (κ3) is 4.19. The van der Waals surface area contributed by atoms with Crippen molar-refractivity contribution in [2.75, 3.05) is 0 Å². The van der Waals surface area contributed by atoms with Crippen LogP contribution in [-0.2, 0) is 0 Å². The predicted octanol–water partition coefficient (Wildman–Crippen LogP) is 10.8. The molecule has 0 radical (unpaired) electrons. The maximum absolute atomic E-state index is 13.8. The van der Waals surface area contributed by atoms with Crippen LogP contribution in [0.2, 0.25) is 0 Å². The molecule has 39 heavy (non-hydrogen) atoms. The molecule has 184 valence electrons. The van der Waals surface area contributed by atoms with Crippen LogP contribution in [0.15, 0.2) is 152 Å². The average Bonchev–Trinajstić information content (AvgIpc) is 3.01. The van der Waals surface area contributed by atoms with Crippen molar-refractivity contribution in [2.45, 2.75) is 0 Å². The van der Waals surface area contributed by atoms with E-state index in [1.165, 1.54) is 67.1 Å². The third-order valence-electron chi connectivity index (χ3n) is 7.56. The lowest BCUT2D eigenvalue weighted by molar-refractivity contribution is 0.628. The van der Waals surface area contributed by atoms with Gasteiger partial charge in [0, 0.05) is 0 Å². The van der Waals surface area contributed by atoms with Gasteiger partial charge in [0.25, 0.3) is 0 Å². The second-order valence-electron chi connectivity index (χ2n) is 9.87. The molecular formula is C38H25F. The fourth-order valence-electron chi connectivity index (χ4n) is 5.68. The van der Waals surface area contributed by atoms with Gasteiger partial charge in [-0.05, 0) is 78.2 Å². The van der Waals surface area contributed by atoms with Gasteiger partial charge in [-0.3, -0.25) is 0 Å². The molecule has 0 aliphatic carbocycles. The van der Waals surface area contributed by atoms with Gasteiger partial charge in [-0.15, -0.1) is 0 Å². The van der Waals surface area contributed by atoms with Crippen molar-refractivity contribution in [1.82, 2.24) is 0 Å². The second-order valence-corrected chi connectivity index (χ2v) is 9.87. The minimum Gasteiger partial charge on any atom is -0.207 e. The molecule has 1 heteroatoms. The van der Waals surface area contributed by atoms with Gasteiger partial charge in [0.15, 0.2) is 0 Å². The van der Waals surface area contributed by atoms with Crippen LogP contribution >= 0.6 is 0 Å². The molecule has 0 spiro atoms. The van der Waals surface area contributed by atoms with Crippen molar-refractivity contribution in [2.24, 2.45) is 0 Å². The summed E-state index contributed by atoms with van der Waals surface area (Å²) in [7, 11) is 0. The summed E-state index contributed by atoms with van der Waals surface area (Å²) in [6, 6.07) is 52.0. The van der Waals surface area contributed by atoms with Gasteiger partial charge >= 0.3 is 0 Å². The van der Waals surface area contributed by atoms with Crippen molar-refractivity contribution in [1.29, 1.82) is 0 Å². The number of halogens is 1. The summed E-state index contributed by atoms with van der Waals surface area (Å²) in [4.78, 5) is 0. The highest BCUT2D eigenvalue weighted by Crippen LogP contribution is 2.43. The molecule has 7 rings (SSSR count). The number of rotatable bonds is 4. The number of hydrogen-bond acceptors (Lipinski definition) is 0. The molecule has 0 heterocycles. The van der Waals surface area contributed by atoms with E-state index in [0.717, 1.165) is 11.1 Å². The van der Waals surface area contributed by atoms with Crippen molar-refractivity contribution in [3.05, 3.63) is 157 Å². The molecule has 7 aromatic carbocycles. The van der Waals surface area contributed by atoms with Crippen molar-refractivity contribution in [3.8, 4) is 44.5 Å². The van der Waals surface area contributed by atoms with Crippen LogP contribution in [0.25, 0.3) is 66.1 Å². The molecule has 0 nitrogen and oxygen atoms in total. The Morgan fingerprint density at radius 1 is 0.256 bits per heavy atom. The number of fused-ring (bicyclic) bond motifs is 2. The van der Waals surface area contributed by atoms with Gasteiger partial charge in [-0.1, -0.05) is 140 Å². The molecule has 0 amide bonds. The maximum atomic E-state index is 13.8. The van der Waals surface area contributed by atoms with Crippen LogP contribution in [0.3, 0.4) is 0 Å². The molecule has 0 saturated heterocycles. The van der Waals surface area contributed by atoms with E-state index in [1.807, 2.05) is 18.2 Å². The number of hydrogen-bond donors (Lipinski definition) is 0. The summed E-state index contributed by atoms with van der Waals surface area (Å²) in [6.07, 6.45) is 0. The van der Waals surface area contributed by atoms with E-state index in [0.29, 0.717) is 0 Å². The molecule has 0 aromatic heterocycles. The Hall–Kier alpha value is -5.01. The monoisotopic (exact) mass is 500 g/mol. The summed E-state index contributed by atoms with van der Waals surface area (Å²) in [5.74, 6) is -0.223. The first-order chi connectivity index (χ1) is 19.3. The van der Waals surface area contributed by atoms with Crippen molar-refractivity contribution >= 4 is 21.5 Å². The molecule has 0 atom stereocenters. The number of benzene rings is 7. The summed E-state index contributed by atoms with van der Waals surface area (Å²) in [6.45, 7) is 0. The summed E-state index contributed by atoms with van der Waals surface area (Å²) < 4.78 is 13.8. The molecule has 0 fully saturated rings. The van der Waals surface area contributed by atoms with Crippen LogP contribution < -0.4 is 0 Å².